The molecule has 0 spiro atoms. The summed E-state index contributed by atoms with van der Waals surface area (Å²) in [6, 6.07) is 9.62. The molecule has 0 saturated heterocycles. The lowest BCUT2D eigenvalue weighted by atomic mass is 10.2. The second-order valence-electron chi connectivity index (χ2n) is 7.73. The van der Waals surface area contributed by atoms with Crippen LogP contribution < -0.4 is 9.62 Å². The number of benzene rings is 3. The number of anilines is 2. The average molecular weight is 585 g/mol. The first-order chi connectivity index (χ1) is 17.0. The fraction of sp³-hybridized carbons (Fsp3) is 0.174. The molecule has 0 aliphatic rings. The number of nitrogens with one attached hydrogen (secondary N) is 1. The summed E-state index contributed by atoms with van der Waals surface area (Å²) in [7, 11) is -4.63. The molecule has 0 atom stereocenters. The van der Waals surface area contributed by atoms with E-state index in [0.717, 1.165) is 18.2 Å². The smallest absolute Gasteiger partial charge is 0.323 e. The number of halogens is 8. The number of amides is 1. The van der Waals surface area contributed by atoms with E-state index in [9.17, 15) is 39.6 Å². The highest BCUT2D eigenvalue weighted by atomic mass is 35.5. The molecule has 1 N–H and O–H groups in total. The van der Waals surface area contributed by atoms with E-state index in [-0.39, 0.29) is 9.92 Å². The van der Waals surface area contributed by atoms with Crippen molar-refractivity contribution in [1.82, 2.24) is 0 Å². The quantitative estimate of drug-likeness (QED) is 0.312. The molecule has 37 heavy (non-hydrogen) atoms. The highest BCUT2D eigenvalue weighted by Gasteiger charge is 2.36. The SMILES string of the molecule is Cc1ccc(S(=O)(=O)N(CC(=O)Nc2cc(C(F)(F)F)ccc2Cl)c2ccc(Cl)c(C(F)(F)F)c2)cc1. The van der Waals surface area contributed by atoms with Gasteiger partial charge in [0.1, 0.15) is 6.54 Å². The first kappa shape index (κ1) is 28.6. The minimum atomic E-state index is -4.94. The number of carbonyl (C=O) groups excluding carboxylic acids is 1. The summed E-state index contributed by atoms with van der Waals surface area (Å²) in [6.45, 7) is 0.580. The highest BCUT2D eigenvalue weighted by molar-refractivity contribution is 7.92. The van der Waals surface area contributed by atoms with E-state index in [2.05, 4.69) is 5.32 Å². The van der Waals surface area contributed by atoms with Gasteiger partial charge in [0.05, 0.1) is 37.4 Å². The van der Waals surface area contributed by atoms with Crippen molar-refractivity contribution in [1.29, 1.82) is 0 Å². The van der Waals surface area contributed by atoms with E-state index in [0.29, 0.717) is 28.1 Å². The number of hydrogen-bond donors (Lipinski definition) is 1. The Bertz CT molecular complexity index is 1430. The molecule has 0 fully saturated rings. The molecular formula is C23H16Cl2F6N2O3S. The van der Waals surface area contributed by atoms with E-state index < -0.39 is 62.4 Å². The number of nitrogens with zero attached hydrogens (tertiary/aromatic N) is 1. The van der Waals surface area contributed by atoms with Gasteiger partial charge in [0.2, 0.25) is 5.91 Å². The molecule has 3 aromatic carbocycles. The first-order valence-electron chi connectivity index (χ1n) is 10.1. The van der Waals surface area contributed by atoms with Gasteiger partial charge < -0.3 is 5.32 Å². The Morgan fingerprint density at radius 1 is 0.865 bits per heavy atom. The predicted molar refractivity (Wildman–Crippen MR) is 127 cm³/mol. The molecule has 5 nitrogen and oxygen atoms in total. The number of carbonyl (C=O) groups is 1. The van der Waals surface area contributed by atoms with Gasteiger partial charge in [-0.1, -0.05) is 40.9 Å². The molecule has 0 aliphatic carbocycles. The summed E-state index contributed by atoms with van der Waals surface area (Å²) in [4.78, 5) is 12.4. The van der Waals surface area contributed by atoms with Crippen molar-refractivity contribution in [3.05, 3.63) is 87.4 Å². The Balaban J connectivity index is 2.06. The monoisotopic (exact) mass is 584 g/mol. The summed E-state index contributed by atoms with van der Waals surface area (Å²) >= 11 is 11.5. The third-order valence-electron chi connectivity index (χ3n) is 5.01. The zero-order valence-corrected chi connectivity index (χ0v) is 20.9. The zero-order chi connectivity index (χ0) is 27.8. The molecule has 3 aromatic rings. The van der Waals surface area contributed by atoms with Gasteiger partial charge in [0.25, 0.3) is 10.0 Å². The van der Waals surface area contributed by atoms with Crippen LogP contribution in [0.2, 0.25) is 10.0 Å². The Hall–Kier alpha value is -2.96. The number of rotatable bonds is 6. The second-order valence-corrected chi connectivity index (χ2v) is 10.4. The molecular weight excluding hydrogens is 569 g/mol. The standard InChI is InChI=1S/C23H16Cl2F6N2O3S/c1-13-2-6-16(7-3-13)37(35,36)33(15-5-9-18(24)17(11-15)23(29,30)31)12-21(34)32-20-10-14(22(26,27)28)4-8-19(20)25/h2-11H,12H2,1H3,(H,32,34). The van der Waals surface area contributed by atoms with Gasteiger partial charge in [0, 0.05) is 0 Å². The van der Waals surface area contributed by atoms with Crippen molar-refractivity contribution in [3.8, 4) is 0 Å². The molecule has 0 bridgehead atoms. The number of hydrogen-bond acceptors (Lipinski definition) is 3. The van der Waals surface area contributed by atoms with Crippen LogP contribution in [0, 0.1) is 6.92 Å². The fourth-order valence-electron chi connectivity index (χ4n) is 3.16. The van der Waals surface area contributed by atoms with Crippen LogP contribution in [-0.2, 0) is 27.2 Å². The van der Waals surface area contributed by atoms with Gasteiger partial charge in [-0.15, -0.1) is 0 Å². The first-order valence-corrected chi connectivity index (χ1v) is 12.3. The summed E-state index contributed by atoms with van der Waals surface area (Å²) in [5, 5.41) is 1.10. The lowest BCUT2D eigenvalue weighted by Crippen LogP contribution is -2.38. The van der Waals surface area contributed by atoms with E-state index in [4.69, 9.17) is 23.2 Å². The average Bonchev–Trinajstić information content (AvgIpc) is 2.78. The Morgan fingerprint density at radius 2 is 1.46 bits per heavy atom. The van der Waals surface area contributed by atoms with Gasteiger partial charge in [-0.05, 0) is 55.5 Å². The van der Waals surface area contributed by atoms with E-state index in [1.807, 2.05) is 0 Å². The fourth-order valence-corrected chi connectivity index (χ4v) is 4.96. The maximum absolute atomic E-state index is 13.4. The molecule has 0 radical (unpaired) electrons. The van der Waals surface area contributed by atoms with Gasteiger partial charge in [0.15, 0.2) is 0 Å². The van der Waals surface area contributed by atoms with Crippen molar-refractivity contribution in [2.75, 3.05) is 16.2 Å². The summed E-state index contributed by atoms with van der Waals surface area (Å²) in [5.41, 5.74) is -2.82. The van der Waals surface area contributed by atoms with Crippen molar-refractivity contribution >= 4 is 50.5 Å². The van der Waals surface area contributed by atoms with E-state index in [1.165, 1.54) is 24.3 Å². The third-order valence-corrected chi connectivity index (χ3v) is 7.45. The lowest BCUT2D eigenvalue weighted by Gasteiger charge is -2.25. The van der Waals surface area contributed by atoms with Gasteiger partial charge in [-0.2, -0.15) is 26.3 Å². The summed E-state index contributed by atoms with van der Waals surface area (Å²) in [5.74, 6) is -1.17. The van der Waals surface area contributed by atoms with Gasteiger partial charge in [-0.25, -0.2) is 8.42 Å². The molecule has 0 heterocycles. The molecule has 0 aliphatic heterocycles. The molecule has 0 saturated carbocycles. The Kier molecular flexibility index (Phi) is 8.06. The van der Waals surface area contributed by atoms with Crippen LogP contribution in [0.5, 0.6) is 0 Å². The molecule has 14 heteroatoms. The highest BCUT2D eigenvalue weighted by Crippen LogP contribution is 2.38. The van der Waals surface area contributed by atoms with E-state index in [1.54, 1.807) is 6.92 Å². The molecule has 198 valence electrons. The predicted octanol–water partition coefficient (Wildman–Crippen LogP) is 7.17. The van der Waals surface area contributed by atoms with Crippen molar-refractivity contribution in [2.45, 2.75) is 24.2 Å². The lowest BCUT2D eigenvalue weighted by molar-refractivity contribution is -0.138. The normalized spacial score (nSPS) is 12.4. The molecule has 0 unspecified atom stereocenters. The van der Waals surface area contributed by atoms with Crippen LogP contribution in [-0.4, -0.2) is 20.9 Å². The minimum Gasteiger partial charge on any atom is -0.323 e. The van der Waals surface area contributed by atoms with Crippen molar-refractivity contribution < 1.29 is 39.6 Å². The maximum atomic E-state index is 13.4. The zero-order valence-electron chi connectivity index (χ0n) is 18.6. The molecule has 0 aromatic heterocycles. The van der Waals surface area contributed by atoms with Crippen LogP contribution in [0.25, 0.3) is 0 Å². The van der Waals surface area contributed by atoms with Crippen LogP contribution in [0.1, 0.15) is 16.7 Å². The van der Waals surface area contributed by atoms with Crippen LogP contribution in [0.4, 0.5) is 37.7 Å². The van der Waals surface area contributed by atoms with Crippen molar-refractivity contribution in [3.63, 3.8) is 0 Å². The minimum absolute atomic E-state index is 0.278. The molecule has 1 amide bonds. The van der Waals surface area contributed by atoms with Crippen LogP contribution in [0.15, 0.2) is 65.6 Å². The summed E-state index contributed by atoms with van der Waals surface area (Å²) in [6.07, 6.45) is -9.71. The van der Waals surface area contributed by atoms with Crippen LogP contribution in [0.3, 0.4) is 0 Å². The Labute approximate surface area is 217 Å². The van der Waals surface area contributed by atoms with E-state index >= 15 is 0 Å². The topological polar surface area (TPSA) is 66.5 Å². The third kappa shape index (κ3) is 6.68. The van der Waals surface area contributed by atoms with Gasteiger partial charge >= 0.3 is 12.4 Å². The number of aryl methyl sites for hydroxylation is 1. The number of alkyl halides is 6. The van der Waals surface area contributed by atoms with Crippen molar-refractivity contribution in [2.24, 2.45) is 0 Å². The maximum Gasteiger partial charge on any atom is 0.417 e. The molecule has 3 rings (SSSR count). The Morgan fingerprint density at radius 3 is 2.03 bits per heavy atom. The second kappa shape index (κ2) is 10.4. The number of sulfonamides is 1. The van der Waals surface area contributed by atoms with Gasteiger partial charge in [-0.3, -0.25) is 9.10 Å². The summed E-state index contributed by atoms with van der Waals surface area (Å²) < 4.78 is 107. The largest absolute Gasteiger partial charge is 0.417 e. The van der Waals surface area contributed by atoms with Crippen LogP contribution >= 0.6 is 23.2 Å².